The number of thioether (sulfide) groups is 1. The fraction of sp³-hybridized carbons (Fsp3) is 0.923. The summed E-state index contributed by atoms with van der Waals surface area (Å²) in [6, 6.07) is 0.795. The van der Waals surface area contributed by atoms with Crippen LogP contribution in [0.2, 0.25) is 0 Å². The predicted octanol–water partition coefficient (Wildman–Crippen LogP) is 2.38. The van der Waals surface area contributed by atoms with Crippen molar-refractivity contribution in [3.05, 3.63) is 0 Å². The molecular weight excluding hydrogens is 248 g/mol. The lowest BCUT2D eigenvalue weighted by atomic mass is 10.2. The first kappa shape index (κ1) is 15.6. The van der Waals surface area contributed by atoms with Crippen molar-refractivity contribution >= 4 is 17.9 Å². The Balaban J connectivity index is 2.19. The summed E-state index contributed by atoms with van der Waals surface area (Å²) in [7, 11) is 0. The number of amides is 1. The van der Waals surface area contributed by atoms with Gasteiger partial charge in [0.15, 0.2) is 0 Å². The largest absolute Gasteiger partial charge is 0.444 e. The van der Waals surface area contributed by atoms with Gasteiger partial charge in [-0.25, -0.2) is 4.79 Å². The van der Waals surface area contributed by atoms with Gasteiger partial charge in [0.25, 0.3) is 0 Å². The van der Waals surface area contributed by atoms with Gasteiger partial charge in [0.1, 0.15) is 5.60 Å². The summed E-state index contributed by atoms with van der Waals surface area (Å²) in [5.74, 6) is 1.14. The summed E-state index contributed by atoms with van der Waals surface area (Å²) < 4.78 is 5.26. The predicted molar refractivity (Wildman–Crippen MR) is 77.2 cm³/mol. The number of ether oxygens (including phenoxy) is 1. The first-order valence-electron chi connectivity index (χ1n) is 6.62. The van der Waals surface area contributed by atoms with Crippen LogP contribution in [0, 0.1) is 0 Å². The van der Waals surface area contributed by atoms with Crippen molar-refractivity contribution in [1.82, 2.24) is 10.6 Å². The number of hydrogen-bond acceptors (Lipinski definition) is 4. The van der Waals surface area contributed by atoms with Gasteiger partial charge in [-0.05, 0) is 46.3 Å². The zero-order chi connectivity index (χ0) is 13.6. The van der Waals surface area contributed by atoms with E-state index in [1.165, 1.54) is 0 Å². The Morgan fingerprint density at radius 3 is 2.61 bits per heavy atom. The molecule has 1 fully saturated rings. The van der Waals surface area contributed by atoms with E-state index in [2.05, 4.69) is 16.9 Å². The standard InChI is InChI=1S/C13H26N2O2S/c1-13(2,3)17-12(16)15-11-6-5-10(9-11)14-7-8-18-4/h10-11,14H,5-9H2,1-4H3,(H,15,16). The number of nitrogens with one attached hydrogen (secondary N) is 2. The fourth-order valence-corrected chi connectivity index (χ4v) is 2.46. The van der Waals surface area contributed by atoms with Crippen LogP contribution in [-0.4, -0.2) is 42.3 Å². The minimum Gasteiger partial charge on any atom is -0.444 e. The van der Waals surface area contributed by atoms with Crippen molar-refractivity contribution in [3.63, 3.8) is 0 Å². The van der Waals surface area contributed by atoms with Gasteiger partial charge >= 0.3 is 6.09 Å². The van der Waals surface area contributed by atoms with Crippen molar-refractivity contribution in [2.24, 2.45) is 0 Å². The molecule has 0 aromatic carbocycles. The van der Waals surface area contributed by atoms with Crippen LogP contribution < -0.4 is 10.6 Å². The van der Waals surface area contributed by atoms with Crippen molar-refractivity contribution in [2.75, 3.05) is 18.6 Å². The Labute approximate surface area is 115 Å². The van der Waals surface area contributed by atoms with Crippen LogP contribution in [0.25, 0.3) is 0 Å². The van der Waals surface area contributed by atoms with Gasteiger partial charge in [0.2, 0.25) is 0 Å². The zero-order valence-electron chi connectivity index (χ0n) is 11.9. The smallest absolute Gasteiger partial charge is 0.407 e. The minimum absolute atomic E-state index is 0.256. The molecule has 1 aliphatic carbocycles. The number of carbonyl (C=O) groups excluding carboxylic acids is 1. The van der Waals surface area contributed by atoms with Crippen molar-refractivity contribution < 1.29 is 9.53 Å². The maximum atomic E-state index is 11.6. The summed E-state index contributed by atoms with van der Waals surface area (Å²) in [5.41, 5.74) is -0.418. The lowest BCUT2D eigenvalue weighted by Crippen LogP contribution is -2.39. The van der Waals surface area contributed by atoms with E-state index in [9.17, 15) is 4.79 Å². The maximum absolute atomic E-state index is 11.6. The monoisotopic (exact) mass is 274 g/mol. The van der Waals surface area contributed by atoms with E-state index in [4.69, 9.17) is 4.74 Å². The van der Waals surface area contributed by atoms with E-state index >= 15 is 0 Å². The van der Waals surface area contributed by atoms with Gasteiger partial charge in [-0.1, -0.05) is 0 Å². The SMILES string of the molecule is CSCCNC1CCC(NC(=O)OC(C)(C)C)C1. The van der Waals surface area contributed by atoms with Crippen molar-refractivity contribution in [1.29, 1.82) is 0 Å². The molecule has 2 N–H and O–H groups in total. The molecule has 0 aliphatic heterocycles. The normalized spacial score (nSPS) is 24.0. The summed E-state index contributed by atoms with van der Waals surface area (Å²) in [5, 5.41) is 6.47. The van der Waals surface area contributed by atoms with Gasteiger partial charge in [-0.15, -0.1) is 0 Å². The topological polar surface area (TPSA) is 50.4 Å². The van der Waals surface area contributed by atoms with E-state index in [-0.39, 0.29) is 12.1 Å². The van der Waals surface area contributed by atoms with Crippen LogP contribution in [0.3, 0.4) is 0 Å². The first-order chi connectivity index (χ1) is 8.40. The lowest BCUT2D eigenvalue weighted by molar-refractivity contribution is 0.0505. The molecule has 1 rings (SSSR count). The highest BCUT2D eigenvalue weighted by molar-refractivity contribution is 7.98. The quantitative estimate of drug-likeness (QED) is 0.756. The van der Waals surface area contributed by atoms with E-state index in [1.807, 2.05) is 32.5 Å². The molecule has 18 heavy (non-hydrogen) atoms. The third-order valence-electron chi connectivity index (χ3n) is 2.89. The number of carbonyl (C=O) groups is 1. The van der Waals surface area contributed by atoms with Gasteiger partial charge < -0.3 is 15.4 Å². The zero-order valence-corrected chi connectivity index (χ0v) is 12.7. The van der Waals surface area contributed by atoms with Crippen LogP contribution in [0.15, 0.2) is 0 Å². The fourth-order valence-electron chi connectivity index (χ4n) is 2.14. The Bertz CT molecular complexity index is 266. The molecule has 0 radical (unpaired) electrons. The van der Waals surface area contributed by atoms with E-state index in [0.717, 1.165) is 31.6 Å². The molecule has 1 saturated carbocycles. The highest BCUT2D eigenvalue weighted by Crippen LogP contribution is 2.19. The second-order valence-electron chi connectivity index (χ2n) is 5.80. The summed E-state index contributed by atoms with van der Waals surface area (Å²) in [6.07, 6.45) is 5.00. The molecule has 2 atom stereocenters. The molecule has 0 aromatic heterocycles. The second kappa shape index (κ2) is 7.24. The maximum Gasteiger partial charge on any atom is 0.407 e. The average molecular weight is 274 g/mol. The van der Waals surface area contributed by atoms with Crippen molar-refractivity contribution in [2.45, 2.75) is 57.7 Å². The number of hydrogen-bond donors (Lipinski definition) is 2. The molecular formula is C13H26N2O2S. The molecule has 5 heteroatoms. The summed E-state index contributed by atoms with van der Waals surface area (Å²) >= 11 is 1.85. The van der Waals surface area contributed by atoms with Crippen LogP contribution in [0.1, 0.15) is 40.0 Å². The average Bonchev–Trinajstić information content (AvgIpc) is 2.63. The first-order valence-corrected chi connectivity index (χ1v) is 8.02. The van der Waals surface area contributed by atoms with E-state index in [0.29, 0.717) is 6.04 Å². The van der Waals surface area contributed by atoms with Gasteiger partial charge in [-0.2, -0.15) is 11.8 Å². The highest BCUT2D eigenvalue weighted by Gasteiger charge is 2.27. The highest BCUT2D eigenvalue weighted by atomic mass is 32.2. The van der Waals surface area contributed by atoms with Gasteiger partial charge in [0, 0.05) is 24.4 Å². The van der Waals surface area contributed by atoms with Crippen LogP contribution in [-0.2, 0) is 4.74 Å². The third kappa shape index (κ3) is 6.50. The molecule has 0 bridgehead atoms. The minimum atomic E-state index is -0.418. The Hall–Kier alpha value is -0.420. The van der Waals surface area contributed by atoms with Crippen LogP contribution >= 0.6 is 11.8 Å². The second-order valence-corrected chi connectivity index (χ2v) is 6.79. The molecule has 1 aliphatic rings. The van der Waals surface area contributed by atoms with E-state index in [1.54, 1.807) is 0 Å². The van der Waals surface area contributed by atoms with E-state index < -0.39 is 5.60 Å². The molecule has 0 spiro atoms. The molecule has 2 unspecified atom stereocenters. The molecule has 0 heterocycles. The van der Waals surface area contributed by atoms with Crippen LogP contribution in [0.4, 0.5) is 4.79 Å². The Kier molecular flexibility index (Phi) is 6.29. The Morgan fingerprint density at radius 1 is 1.33 bits per heavy atom. The third-order valence-corrected chi connectivity index (χ3v) is 3.51. The van der Waals surface area contributed by atoms with Crippen molar-refractivity contribution in [3.8, 4) is 0 Å². The number of rotatable bonds is 5. The molecule has 106 valence electrons. The Morgan fingerprint density at radius 2 is 2.00 bits per heavy atom. The summed E-state index contributed by atoms with van der Waals surface area (Å²) in [4.78, 5) is 11.6. The molecule has 1 amide bonds. The van der Waals surface area contributed by atoms with Gasteiger partial charge in [0.05, 0.1) is 0 Å². The number of alkyl carbamates (subject to hydrolysis) is 1. The van der Waals surface area contributed by atoms with Gasteiger partial charge in [-0.3, -0.25) is 0 Å². The summed E-state index contributed by atoms with van der Waals surface area (Å²) in [6.45, 7) is 6.70. The molecule has 0 saturated heterocycles. The lowest BCUT2D eigenvalue weighted by Gasteiger charge is -2.21. The molecule has 0 aromatic rings. The van der Waals surface area contributed by atoms with Crippen LogP contribution in [0.5, 0.6) is 0 Å². The molecule has 4 nitrogen and oxygen atoms in total.